The molecule has 98 valence electrons. The Kier molecular flexibility index (Phi) is 3.58. The lowest BCUT2D eigenvalue weighted by atomic mass is 9.93. The molecule has 2 nitrogen and oxygen atoms in total. The normalized spacial score (nSPS) is 25.7. The smallest absolute Gasteiger partial charge is 0.118 e. The molecule has 3 heteroatoms. The van der Waals surface area contributed by atoms with Gasteiger partial charge >= 0.3 is 0 Å². The zero-order valence-corrected chi connectivity index (χ0v) is 12.2. The van der Waals surface area contributed by atoms with Crippen molar-refractivity contribution in [3.63, 3.8) is 0 Å². The van der Waals surface area contributed by atoms with Crippen LogP contribution in [0.2, 0.25) is 0 Å². The van der Waals surface area contributed by atoms with Gasteiger partial charge in [-0.2, -0.15) is 0 Å². The highest BCUT2D eigenvalue weighted by molar-refractivity contribution is 9.09. The maximum atomic E-state index is 6.01. The van der Waals surface area contributed by atoms with Crippen LogP contribution in [0.5, 0.6) is 5.75 Å². The van der Waals surface area contributed by atoms with Gasteiger partial charge in [0.15, 0.2) is 0 Å². The van der Waals surface area contributed by atoms with Crippen molar-refractivity contribution in [3.05, 3.63) is 65.7 Å². The molecule has 0 bridgehead atoms. The highest BCUT2D eigenvalue weighted by Gasteiger charge is 2.42. The number of ether oxygens (including phenoxy) is 2. The molecule has 0 radical (unpaired) electrons. The minimum Gasteiger partial charge on any atom is -0.497 e. The van der Waals surface area contributed by atoms with Crippen LogP contribution in [0.15, 0.2) is 54.6 Å². The predicted molar refractivity (Wildman–Crippen MR) is 78.7 cm³/mol. The average Bonchev–Trinajstić information content (AvgIpc) is 2.47. The Labute approximate surface area is 121 Å². The van der Waals surface area contributed by atoms with E-state index in [1.54, 1.807) is 7.11 Å². The van der Waals surface area contributed by atoms with Crippen LogP contribution in [0.3, 0.4) is 0 Å². The summed E-state index contributed by atoms with van der Waals surface area (Å²) < 4.78 is 11.2. The van der Waals surface area contributed by atoms with Crippen molar-refractivity contribution in [1.29, 1.82) is 0 Å². The van der Waals surface area contributed by atoms with Gasteiger partial charge in [-0.1, -0.05) is 58.4 Å². The fourth-order valence-electron chi connectivity index (χ4n) is 2.34. The zero-order valence-electron chi connectivity index (χ0n) is 10.6. The van der Waals surface area contributed by atoms with E-state index in [1.165, 1.54) is 11.1 Å². The number of halogens is 1. The summed E-state index contributed by atoms with van der Waals surface area (Å²) in [5.74, 6) is 0.869. The molecule has 0 amide bonds. The van der Waals surface area contributed by atoms with Gasteiger partial charge in [-0.25, -0.2) is 0 Å². The van der Waals surface area contributed by atoms with Crippen LogP contribution in [0.1, 0.15) is 23.3 Å². The van der Waals surface area contributed by atoms with E-state index in [9.17, 15) is 0 Å². The molecule has 1 fully saturated rings. The molecule has 3 atom stereocenters. The highest BCUT2D eigenvalue weighted by atomic mass is 79.9. The molecule has 0 saturated carbocycles. The van der Waals surface area contributed by atoms with Gasteiger partial charge in [0.1, 0.15) is 5.75 Å². The molecule has 1 saturated heterocycles. The van der Waals surface area contributed by atoms with E-state index in [0.29, 0.717) is 4.83 Å². The van der Waals surface area contributed by atoms with Crippen molar-refractivity contribution in [1.82, 2.24) is 0 Å². The van der Waals surface area contributed by atoms with Crippen molar-refractivity contribution in [2.75, 3.05) is 7.11 Å². The van der Waals surface area contributed by atoms with E-state index in [2.05, 4.69) is 40.2 Å². The number of methoxy groups -OCH3 is 1. The Morgan fingerprint density at radius 2 is 1.47 bits per heavy atom. The predicted octanol–water partition coefficient (Wildman–Crippen LogP) is 4.27. The van der Waals surface area contributed by atoms with Gasteiger partial charge in [-0.3, -0.25) is 0 Å². The zero-order chi connectivity index (χ0) is 13.2. The van der Waals surface area contributed by atoms with Gasteiger partial charge in [0.05, 0.1) is 24.1 Å². The molecule has 0 aliphatic carbocycles. The molecule has 3 rings (SSSR count). The Morgan fingerprint density at radius 1 is 0.895 bits per heavy atom. The van der Waals surface area contributed by atoms with Crippen molar-refractivity contribution in [3.8, 4) is 5.75 Å². The lowest BCUT2D eigenvalue weighted by Gasteiger charge is -2.42. The first-order valence-corrected chi connectivity index (χ1v) is 7.19. The molecule has 0 unspecified atom stereocenters. The summed E-state index contributed by atoms with van der Waals surface area (Å²) in [6.07, 6.45) is 0.240. The fraction of sp³-hybridized carbons (Fsp3) is 0.250. The van der Waals surface area contributed by atoms with Gasteiger partial charge < -0.3 is 9.47 Å². The van der Waals surface area contributed by atoms with E-state index >= 15 is 0 Å². The lowest BCUT2D eigenvalue weighted by molar-refractivity contribution is -0.118. The molecule has 19 heavy (non-hydrogen) atoms. The first-order chi connectivity index (χ1) is 9.29. The van der Waals surface area contributed by atoms with Crippen molar-refractivity contribution in [2.24, 2.45) is 0 Å². The van der Waals surface area contributed by atoms with E-state index in [-0.39, 0.29) is 12.2 Å². The Balaban J connectivity index is 1.72. The molecule has 1 heterocycles. The largest absolute Gasteiger partial charge is 0.497 e. The van der Waals surface area contributed by atoms with Gasteiger partial charge in [-0.15, -0.1) is 0 Å². The molecule has 1 aliphatic rings. The number of benzene rings is 2. The molecular formula is C16H15BrO2. The van der Waals surface area contributed by atoms with E-state index in [0.717, 1.165) is 5.75 Å². The fourth-order valence-corrected chi connectivity index (χ4v) is 3.20. The maximum absolute atomic E-state index is 6.01. The number of hydrogen-bond acceptors (Lipinski definition) is 2. The minimum absolute atomic E-state index is 0.108. The monoisotopic (exact) mass is 318 g/mol. The second kappa shape index (κ2) is 5.35. The number of hydrogen-bond donors (Lipinski definition) is 0. The van der Waals surface area contributed by atoms with Gasteiger partial charge in [-0.05, 0) is 23.3 Å². The summed E-state index contributed by atoms with van der Waals surface area (Å²) in [4.78, 5) is 0.309. The minimum atomic E-state index is 0.108. The summed E-state index contributed by atoms with van der Waals surface area (Å²) >= 11 is 3.75. The van der Waals surface area contributed by atoms with Crippen LogP contribution in [-0.2, 0) is 4.74 Å². The third-order valence-electron chi connectivity index (χ3n) is 3.44. The molecule has 2 aromatic carbocycles. The van der Waals surface area contributed by atoms with Crippen molar-refractivity contribution >= 4 is 15.9 Å². The van der Waals surface area contributed by atoms with Gasteiger partial charge in [0.25, 0.3) is 0 Å². The van der Waals surface area contributed by atoms with Crippen LogP contribution in [0.4, 0.5) is 0 Å². The lowest BCUT2D eigenvalue weighted by Crippen LogP contribution is -2.36. The van der Waals surface area contributed by atoms with Crippen LogP contribution < -0.4 is 4.74 Å². The first-order valence-electron chi connectivity index (χ1n) is 6.28. The van der Waals surface area contributed by atoms with Crippen LogP contribution in [0, 0.1) is 0 Å². The van der Waals surface area contributed by atoms with E-state index < -0.39 is 0 Å². The number of alkyl halides is 1. The first kappa shape index (κ1) is 12.7. The third kappa shape index (κ3) is 2.40. The second-order valence-corrected chi connectivity index (χ2v) is 5.66. The SMILES string of the molecule is COc1ccc([C@H]2O[C@@H](c3ccccc3)[C@@H]2Br)cc1. The Morgan fingerprint density at radius 3 is 2.00 bits per heavy atom. The molecule has 0 spiro atoms. The number of rotatable bonds is 3. The molecule has 2 aromatic rings. The summed E-state index contributed by atoms with van der Waals surface area (Å²) in [5, 5.41) is 0. The van der Waals surface area contributed by atoms with Gasteiger partial charge in [0.2, 0.25) is 0 Å². The summed E-state index contributed by atoms with van der Waals surface area (Å²) in [6, 6.07) is 18.3. The van der Waals surface area contributed by atoms with Crippen LogP contribution in [-0.4, -0.2) is 11.9 Å². The molecular weight excluding hydrogens is 304 g/mol. The Hall–Kier alpha value is -1.32. The van der Waals surface area contributed by atoms with E-state index in [4.69, 9.17) is 9.47 Å². The van der Waals surface area contributed by atoms with Crippen LogP contribution in [0.25, 0.3) is 0 Å². The maximum Gasteiger partial charge on any atom is 0.118 e. The van der Waals surface area contributed by atoms with E-state index in [1.807, 2.05) is 30.3 Å². The van der Waals surface area contributed by atoms with Crippen molar-refractivity contribution < 1.29 is 9.47 Å². The summed E-state index contributed by atoms with van der Waals surface area (Å²) in [7, 11) is 1.67. The standard InChI is InChI=1S/C16H15BrO2/c1-18-13-9-7-12(8-10-13)16-14(17)15(19-16)11-5-3-2-4-6-11/h2-10,14-16H,1H3/t14-,15-,16+/m0/s1. The molecule has 1 aliphatic heterocycles. The molecule has 0 aromatic heterocycles. The Bertz CT molecular complexity index is 538. The van der Waals surface area contributed by atoms with Crippen LogP contribution >= 0.6 is 15.9 Å². The molecule has 0 N–H and O–H groups in total. The quantitative estimate of drug-likeness (QED) is 0.787. The second-order valence-electron chi connectivity index (χ2n) is 4.61. The topological polar surface area (TPSA) is 18.5 Å². The van der Waals surface area contributed by atoms with Gasteiger partial charge in [0, 0.05) is 0 Å². The van der Waals surface area contributed by atoms with Crippen molar-refractivity contribution in [2.45, 2.75) is 17.0 Å². The third-order valence-corrected chi connectivity index (χ3v) is 4.40. The summed E-state index contributed by atoms with van der Waals surface area (Å²) in [6.45, 7) is 0. The summed E-state index contributed by atoms with van der Waals surface area (Å²) in [5.41, 5.74) is 2.39. The average molecular weight is 319 g/mol. The highest BCUT2D eigenvalue weighted by Crippen LogP contribution is 2.49.